The van der Waals surface area contributed by atoms with E-state index in [4.69, 9.17) is 4.74 Å². The molecule has 3 aliphatic heterocycles. The highest BCUT2D eigenvalue weighted by Crippen LogP contribution is 2.33. The Kier molecular flexibility index (Phi) is 4.37. The van der Waals surface area contributed by atoms with Gasteiger partial charge in [-0.3, -0.25) is 14.5 Å². The largest absolute Gasteiger partial charge is 0.467 e. The molecule has 1 aromatic rings. The van der Waals surface area contributed by atoms with Crippen LogP contribution in [0, 0.1) is 0 Å². The molecule has 1 aromatic carbocycles. The number of rotatable bonds is 2. The minimum absolute atomic E-state index is 0.0880. The highest BCUT2D eigenvalue weighted by atomic mass is 16.5. The number of nitrogens with one attached hydrogen (secondary N) is 1. The van der Waals surface area contributed by atoms with E-state index < -0.39 is 5.72 Å². The van der Waals surface area contributed by atoms with Crippen LogP contribution in [-0.4, -0.2) is 60.1 Å². The molecule has 25 heavy (non-hydrogen) atoms. The number of carbonyl (C=O) groups is 2. The average Bonchev–Trinajstić information content (AvgIpc) is 2.63. The van der Waals surface area contributed by atoms with E-state index in [9.17, 15) is 9.59 Å². The summed E-state index contributed by atoms with van der Waals surface area (Å²) in [5.74, 6) is 0.744. The molecule has 0 aliphatic carbocycles. The fourth-order valence-corrected chi connectivity index (χ4v) is 4.01. The van der Waals surface area contributed by atoms with E-state index >= 15 is 0 Å². The molecule has 2 amide bonds. The van der Waals surface area contributed by atoms with Crippen LogP contribution in [0.1, 0.15) is 42.5 Å². The van der Waals surface area contributed by atoms with Gasteiger partial charge in [0.25, 0.3) is 5.91 Å². The highest BCUT2D eigenvalue weighted by Gasteiger charge is 2.43. The van der Waals surface area contributed by atoms with Crippen LogP contribution in [0.2, 0.25) is 0 Å². The highest BCUT2D eigenvalue weighted by molar-refractivity contribution is 5.98. The van der Waals surface area contributed by atoms with Crippen molar-refractivity contribution in [1.82, 2.24) is 15.1 Å². The lowest BCUT2D eigenvalue weighted by atomic mass is 9.97. The van der Waals surface area contributed by atoms with Crippen LogP contribution in [0.3, 0.4) is 0 Å². The predicted octanol–water partition coefficient (Wildman–Crippen LogP) is 1.61. The van der Waals surface area contributed by atoms with Gasteiger partial charge in [-0.2, -0.15) is 0 Å². The fraction of sp³-hybridized carbons (Fsp3) is 0.579. The number of para-hydroxylation sites is 1. The molecule has 2 fully saturated rings. The van der Waals surface area contributed by atoms with E-state index in [1.54, 1.807) is 6.07 Å². The van der Waals surface area contributed by atoms with Crippen molar-refractivity contribution < 1.29 is 14.3 Å². The first kappa shape index (κ1) is 16.4. The standard InChI is InChI=1S/C19H25N3O3/c23-17(14-21-10-4-1-5-11-21)22-12-8-19(9-13-22)20-18(24)15-6-2-3-7-16(15)25-19/h2-3,6-7H,1,4-5,8-14H2,(H,20,24). The van der Waals surface area contributed by atoms with E-state index in [1.165, 1.54) is 19.3 Å². The number of nitrogens with zero attached hydrogens (tertiary/aromatic N) is 2. The third kappa shape index (κ3) is 3.35. The normalized spacial score (nSPS) is 22.9. The molecule has 6 heteroatoms. The van der Waals surface area contributed by atoms with Gasteiger partial charge in [0.05, 0.1) is 12.1 Å². The molecule has 0 aromatic heterocycles. The number of piperidine rings is 2. The zero-order valence-electron chi connectivity index (χ0n) is 14.5. The average molecular weight is 343 g/mol. The molecular weight excluding hydrogens is 318 g/mol. The fourth-order valence-electron chi connectivity index (χ4n) is 4.01. The molecule has 0 saturated carbocycles. The Morgan fingerprint density at radius 2 is 1.80 bits per heavy atom. The van der Waals surface area contributed by atoms with Gasteiger partial charge in [0.2, 0.25) is 5.91 Å². The first-order valence-electron chi connectivity index (χ1n) is 9.26. The van der Waals surface area contributed by atoms with E-state index in [-0.39, 0.29) is 11.8 Å². The number of carbonyl (C=O) groups excluding carboxylic acids is 2. The Balaban J connectivity index is 1.37. The minimum Gasteiger partial charge on any atom is -0.467 e. The Morgan fingerprint density at radius 3 is 2.56 bits per heavy atom. The number of hydrogen-bond acceptors (Lipinski definition) is 4. The summed E-state index contributed by atoms with van der Waals surface area (Å²) in [6, 6.07) is 7.32. The van der Waals surface area contributed by atoms with Gasteiger partial charge in [-0.25, -0.2) is 0 Å². The second-order valence-electron chi connectivity index (χ2n) is 7.26. The number of hydrogen-bond donors (Lipinski definition) is 1. The summed E-state index contributed by atoms with van der Waals surface area (Å²) in [5.41, 5.74) is -0.0930. The first-order valence-corrected chi connectivity index (χ1v) is 9.26. The minimum atomic E-state index is -0.673. The molecule has 134 valence electrons. The number of ether oxygens (including phenoxy) is 1. The molecule has 0 bridgehead atoms. The maximum Gasteiger partial charge on any atom is 0.258 e. The molecule has 1 N–H and O–H groups in total. The molecule has 0 radical (unpaired) electrons. The maximum atomic E-state index is 12.6. The van der Waals surface area contributed by atoms with Crippen LogP contribution in [-0.2, 0) is 4.79 Å². The van der Waals surface area contributed by atoms with Crippen LogP contribution in [0.4, 0.5) is 0 Å². The lowest BCUT2D eigenvalue weighted by molar-refractivity contribution is -0.136. The van der Waals surface area contributed by atoms with Gasteiger partial charge in [-0.1, -0.05) is 18.6 Å². The summed E-state index contributed by atoms with van der Waals surface area (Å²) in [4.78, 5) is 29.1. The van der Waals surface area contributed by atoms with E-state index in [0.717, 1.165) is 13.1 Å². The van der Waals surface area contributed by atoms with Gasteiger partial charge >= 0.3 is 0 Å². The zero-order valence-corrected chi connectivity index (χ0v) is 14.5. The Morgan fingerprint density at radius 1 is 1.08 bits per heavy atom. The number of amides is 2. The lowest BCUT2D eigenvalue weighted by Gasteiger charge is -2.44. The summed E-state index contributed by atoms with van der Waals surface area (Å²) < 4.78 is 6.13. The van der Waals surface area contributed by atoms with Crippen LogP contribution in [0.5, 0.6) is 5.75 Å². The summed E-state index contributed by atoms with van der Waals surface area (Å²) in [7, 11) is 0. The smallest absolute Gasteiger partial charge is 0.258 e. The van der Waals surface area contributed by atoms with Crippen molar-refractivity contribution in [3.8, 4) is 5.75 Å². The van der Waals surface area contributed by atoms with Gasteiger partial charge < -0.3 is 15.0 Å². The van der Waals surface area contributed by atoms with Gasteiger partial charge in [-0.15, -0.1) is 0 Å². The van der Waals surface area contributed by atoms with Crippen molar-refractivity contribution in [2.45, 2.75) is 37.8 Å². The van der Waals surface area contributed by atoms with Gasteiger partial charge in [0, 0.05) is 25.9 Å². The van der Waals surface area contributed by atoms with Crippen LogP contribution in [0.15, 0.2) is 24.3 Å². The quantitative estimate of drug-likeness (QED) is 0.886. The molecule has 0 atom stereocenters. The summed E-state index contributed by atoms with van der Waals surface area (Å²) in [5, 5.41) is 3.02. The molecule has 0 unspecified atom stereocenters. The zero-order chi connectivity index (χ0) is 17.3. The Bertz CT molecular complexity index is 662. The van der Waals surface area contributed by atoms with Crippen molar-refractivity contribution in [2.75, 3.05) is 32.7 Å². The van der Waals surface area contributed by atoms with Gasteiger partial charge in [-0.05, 0) is 38.1 Å². The molecular formula is C19H25N3O3. The molecule has 3 heterocycles. The number of fused-ring (bicyclic) bond motifs is 1. The van der Waals surface area contributed by atoms with E-state index in [0.29, 0.717) is 43.8 Å². The van der Waals surface area contributed by atoms with E-state index in [1.807, 2.05) is 23.1 Å². The summed E-state index contributed by atoms with van der Waals surface area (Å²) in [6.07, 6.45) is 4.90. The van der Waals surface area contributed by atoms with Crippen molar-refractivity contribution in [3.05, 3.63) is 29.8 Å². The molecule has 2 saturated heterocycles. The monoisotopic (exact) mass is 343 g/mol. The van der Waals surface area contributed by atoms with E-state index in [2.05, 4.69) is 10.2 Å². The third-order valence-corrected chi connectivity index (χ3v) is 5.51. The van der Waals surface area contributed by atoms with Crippen molar-refractivity contribution in [3.63, 3.8) is 0 Å². The topological polar surface area (TPSA) is 61.9 Å². The molecule has 3 aliphatic rings. The first-order chi connectivity index (χ1) is 12.2. The van der Waals surface area contributed by atoms with Crippen molar-refractivity contribution >= 4 is 11.8 Å². The van der Waals surface area contributed by atoms with Gasteiger partial charge in [0.1, 0.15) is 5.75 Å². The lowest BCUT2D eigenvalue weighted by Crippen LogP contribution is -2.62. The second-order valence-corrected chi connectivity index (χ2v) is 7.26. The Labute approximate surface area is 148 Å². The summed E-state index contributed by atoms with van der Waals surface area (Å²) in [6.45, 7) is 3.81. The van der Waals surface area contributed by atoms with Crippen LogP contribution < -0.4 is 10.1 Å². The molecule has 6 nitrogen and oxygen atoms in total. The van der Waals surface area contributed by atoms with Crippen LogP contribution >= 0.6 is 0 Å². The van der Waals surface area contributed by atoms with Crippen molar-refractivity contribution in [1.29, 1.82) is 0 Å². The SMILES string of the molecule is O=C1NC2(CCN(C(=O)CN3CCCCC3)CC2)Oc2ccccc21. The maximum absolute atomic E-state index is 12.6. The third-order valence-electron chi connectivity index (χ3n) is 5.51. The second kappa shape index (κ2) is 6.67. The van der Waals surface area contributed by atoms with Crippen molar-refractivity contribution in [2.24, 2.45) is 0 Å². The van der Waals surface area contributed by atoms with Gasteiger partial charge in [0.15, 0.2) is 5.72 Å². The molecule has 4 rings (SSSR count). The predicted molar refractivity (Wildman–Crippen MR) is 93.4 cm³/mol. The number of benzene rings is 1. The Hall–Kier alpha value is -2.08. The number of likely N-dealkylation sites (tertiary alicyclic amines) is 2. The summed E-state index contributed by atoms with van der Waals surface area (Å²) >= 11 is 0. The van der Waals surface area contributed by atoms with Crippen LogP contribution in [0.25, 0.3) is 0 Å². The molecule has 1 spiro atoms.